The predicted molar refractivity (Wildman–Crippen MR) is 343 cm³/mol. The highest BCUT2D eigenvalue weighted by Gasteiger charge is 2.48. The molecule has 0 radical (unpaired) electrons. The number of Topliss-reactive ketones (excluding diaryl/α,β-unsaturated/α-hetero) is 1. The van der Waals surface area contributed by atoms with E-state index < -0.39 is 135 Å². The van der Waals surface area contributed by atoms with E-state index in [4.69, 9.17) is 42.6 Å². The first-order valence-corrected chi connectivity index (χ1v) is 33.9. The van der Waals surface area contributed by atoms with Crippen molar-refractivity contribution in [3.8, 4) is 0 Å². The van der Waals surface area contributed by atoms with Crippen molar-refractivity contribution >= 4 is 53.0 Å². The fraction of sp³-hybridized carbons (Fsp3) is 0.857. The number of amides is 8. The molecule has 3 aliphatic heterocycles. The first-order chi connectivity index (χ1) is 46.8. The number of rotatable bonds is 52. The predicted octanol–water partition coefficient (Wildman–Crippen LogP) is -5.29. The lowest BCUT2D eigenvalue weighted by Gasteiger charge is -2.42. The summed E-state index contributed by atoms with van der Waals surface area (Å²) in [4.78, 5) is 111. The first-order valence-electron chi connectivity index (χ1n) is 33.9. The minimum Gasteiger partial charge on any atom is -0.394 e. The van der Waals surface area contributed by atoms with Gasteiger partial charge in [-0.05, 0) is 64.2 Å². The van der Waals surface area contributed by atoms with Crippen LogP contribution < -0.4 is 42.5 Å². The Morgan fingerprint density at radius 2 is 0.612 bits per heavy atom. The molecule has 566 valence electrons. The highest BCUT2D eigenvalue weighted by Crippen LogP contribution is 2.26. The van der Waals surface area contributed by atoms with Crippen molar-refractivity contribution in [2.75, 3.05) is 112 Å². The summed E-state index contributed by atoms with van der Waals surface area (Å²) in [6.45, 7) is 6.09. The Bertz CT molecular complexity index is 2110. The van der Waals surface area contributed by atoms with Crippen LogP contribution in [-0.2, 0) is 85.8 Å². The van der Waals surface area contributed by atoms with E-state index in [1.807, 2.05) is 6.92 Å². The van der Waals surface area contributed by atoms with Gasteiger partial charge < -0.3 is 131 Å². The summed E-state index contributed by atoms with van der Waals surface area (Å²) in [7, 11) is 0. The van der Waals surface area contributed by atoms with E-state index in [9.17, 15) is 89.1 Å². The second kappa shape index (κ2) is 49.3. The fourth-order valence-corrected chi connectivity index (χ4v) is 10.5. The molecule has 35 heteroatoms. The van der Waals surface area contributed by atoms with Crippen LogP contribution >= 0.6 is 0 Å². The molecule has 15 unspecified atom stereocenters. The van der Waals surface area contributed by atoms with Crippen LogP contribution in [0.15, 0.2) is 0 Å². The van der Waals surface area contributed by atoms with Gasteiger partial charge in [0, 0.05) is 124 Å². The van der Waals surface area contributed by atoms with Gasteiger partial charge in [0.15, 0.2) is 18.9 Å². The maximum Gasteiger partial charge on any atom is 0.222 e. The second-order valence-corrected chi connectivity index (χ2v) is 25.0. The van der Waals surface area contributed by atoms with Crippen LogP contribution in [0.1, 0.15) is 137 Å². The molecule has 0 bridgehead atoms. The van der Waals surface area contributed by atoms with Crippen LogP contribution in [0, 0.1) is 5.41 Å². The summed E-state index contributed by atoms with van der Waals surface area (Å²) in [5, 5.41) is 112. The topological polar surface area (TPSA) is 515 Å². The van der Waals surface area contributed by atoms with Gasteiger partial charge in [-0.15, -0.1) is 0 Å². The lowest BCUT2D eigenvalue weighted by Crippen LogP contribution is -2.64. The van der Waals surface area contributed by atoms with Crippen molar-refractivity contribution in [3.05, 3.63) is 0 Å². The third kappa shape index (κ3) is 34.9. The van der Waals surface area contributed by atoms with E-state index in [1.165, 1.54) is 20.8 Å². The zero-order chi connectivity index (χ0) is 72.4. The molecular weight excluding hydrogens is 1300 g/mol. The summed E-state index contributed by atoms with van der Waals surface area (Å²) >= 11 is 0. The molecule has 3 fully saturated rings. The molecule has 0 aromatic carbocycles. The number of aliphatic hydroxyl groups is 9. The molecule has 15 atom stereocenters. The van der Waals surface area contributed by atoms with E-state index in [-0.39, 0.29) is 146 Å². The minimum absolute atomic E-state index is 0.0229. The standard InChI is InChI=1S/C63H112N8O27/c1-39(75)69-51-57(87)54(84)43(33-72)96-60(51)93-27-10-6-16-42(78)15-5-9-22-64-48(81)19-30-90-36-63(4,37-91-31-20-49(82)67-25-13-23-65-46(79)17-7-11-28-94-61-52(70-40(2)76)58(88)55(85)44(34-73)97-61)38-92-32-21-50(83)68-26-14-24-66-47(80)18-8-12-29-95-62-53(71-41(3)77)59(89)56(86)45(35-74)98-62/h43-45,51-62,72-74,84-89H,5-38H2,1-4H3,(H,64,81)(H,65,79)(H,66,80)(H,67,82)(H,68,83)(H,69,75)(H,70,76)(H,71,77). The van der Waals surface area contributed by atoms with Gasteiger partial charge in [-0.25, -0.2) is 0 Å². The lowest BCUT2D eigenvalue weighted by atomic mass is 9.94. The number of ether oxygens (including phenoxy) is 9. The Hall–Kier alpha value is -5.29. The van der Waals surface area contributed by atoms with Crippen LogP contribution in [0.25, 0.3) is 0 Å². The van der Waals surface area contributed by atoms with Gasteiger partial charge in [0.2, 0.25) is 47.3 Å². The first kappa shape index (κ1) is 86.9. The number of carbonyl (C=O) groups excluding carboxylic acids is 9. The third-order valence-corrected chi connectivity index (χ3v) is 16.0. The van der Waals surface area contributed by atoms with Crippen molar-refractivity contribution < 1.29 is 132 Å². The highest BCUT2D eigenvalue weighted by molar-refractivity contribution is 5.79. The Labute approximate surface area is 571 Å². The zero-order valence-corrected chi connectivity index (χ0v) is 57.1. The fourth-order valence-electron chi connectivity index (χ4n) is 10.5. The molecule has 35 nitrogen and oxygen atoms in total. The van der Waals surface area contributed by atoms with Gasteiger partial charge >= 0.3 is 0 Å². The van der Waals surface area contributed by atoms with Gasteiger partial charge in [0.05, 0.1) is 59.5 Å². The van der Waals surface area contributed by atoms with E-state index in [2.05, 4.69) is 42.5 Å². The Kier molecular flexibility index (Phi) is 43.7. The molecule has 17 N–H and O–H groups in total. The number of carbonyl (C=O) groups is 9. The minimum atomic E-state index is -1.44. The molecule has 98 heavy (non-hydrogen) atoms. The maximum absolute atomic E-state index is 12.7. The highest BCUT2D eigenvalue weighted by atomic mass is 16.7. The summed E-state index contributed by atoms with van der Waals surface area (Å²) in [6.07, 6.45) is -9.56. The molecule has 0 saturated carbocycles. The van der Waals surface area contributed by atoms with Crippen molar-refractivity contribution in [2.45, 2.75) is 229 Å². The summed E-state index contributed by atoms with van der Waals surface area (Å²) in [6, 6.07) is -3.20. The lowest BCUT2D eigenvalue weighted by molar-refractivity contribution is -0.270. The van der Waals surface area contributed by atoms with Crippen molar-refractivity contribution in [1.29, 1.82) is 0 Å². The molecule has 0 aromatic heterocycles. The van der Waals surface area contributed by atoms with Gasteiger partial charge in [0.1, 0.15) is 78.8 Å². The Morgan fingerprint density at radius 3 is 0.898 bits per heavy atom. The van der Waals surface area contributed by atoms with E-state index in [1.54, 1.807) is 0 Å². The van der Waals surface area contributed by atoms with Crippen molar-refractivity contribution in [2.24, 2.45) is 5.41 Å². The smallest absolute Gasteiger partial charge is 0.222 e. The van der Waals surface area contributed by atoms with Crippen LogP contribution in [0.4, 0.5) is 0 Å². The van der Waals surface area contributed by atoms with Crippen molar-refractivity contribution in [1.82, 2.24) is 42.5 Å². The number of hydrogen-bond donors (Lipinski definition) is 17. The molecule has 3 heterocycles. The molecule has 0 spiro atoms. The summed E-state index contributed by atoms with van der Waals surface area (Å²) in [5.41, 5.74) is -0.782. The van der Waals surface area contributed by atoms with Gasteiger partial charge in [-0.3, -0.25) is 43.2 Å². The number of aliphatic hydroxyl groups excluding tert-OH is 9. The molecule has 3 rings (SSSR count). The number of nitrogens with one attached hydrogen (secondary N) is 8. The molecular formula is C63H112N8O27. The van der Waals surface area contributed by atoms with Gasteiger partial charge in [0.25, 0.3) is 0 Å². The van der Waals surface area contributed by atoms with Gasteiger partial charge in [-0.2, -0.15) is 0 Å². The van der Waals surface area contributed by atoms with E-state index in [0.717, 1.165) is 0 Å². The zero-order valence-electron chi connectivity index (χ0n) is 57.1. The SMILES string of the molecule is CC(=O)NC1C(OCCCCC(=O)CCCCNC(=O)CCOCC(C)(COCCC(=O)NCCCNC(=O)CCCCOC2OC(CO)C(O)C(O)C2NC(C)=O)COCCC(=O)NCCCNC(=O)CCCCOC2OC(CO)C(O)C(O)C2NC(C)=O)OC(CO)C(O)C1O. The molecule has 3 saturated heterocycles. The van der Waals surface area contributed by atoms with Crippen LogP contribution in [-0.4, -0.2) is 303 Å². The maximum atomic E-state index is 12.7. The molecule has 0 aliphatic carbocycles. The Morgan fingerprint density at radius 1 is 0.347 bits per heavy atom. The monoisotopic (exact) mass is 1410 g/mol. The van der Waals surface area contributed by atoms with Crippen LogP contribution in [0.5, 0.6) is 0 Å². The normalized spacial score (nSPS) is 26.0. The van der Waals surface area contributed by atoms with E-state index in [0.29, 0.717) is 90.3 Å². The number of ketones is 1. The third-order valence-electron chi connectivity index (χ3n) is 16.0. The average Bonchev–Trinajstić information content (AvgIpc) is 0.825. The summed E-state index contributed by atoms with van der Waals surface area (Å²) in [5.74, 6) is -2.65. The van der Waals surface area contributed by atoms with E-state index >= 15 is 0 Å². The second-order valence-electron chi connectivity index (χ2n) is 25.0. The molecule has 0 aromatic rings. The molecule has 8 amide bonds. The van der Waals surface area contributed by atoms with Crippen LogP contribution in [0.2, 0.25) is 0 Å². The quantitative estimate of drug-likeness (QED) is 0.0253. The average molecular weight is 1410 g/mol. The van der Waals surface area contributed by atoms with Gasteiger partial charge in [-0.1, -0.05) is 6.92 Å². The molecule has 3 aliphatic rings. The Balaban J connectivity index is 1.34. The van der Waals surface area contributed by atoms with Crippen molar-refractivity contribution in [3.63, 3.8) is 0 Å². The number of hydrogen-bond acceptors (Lipinski definition) is 27. The van der Waals surface area contributed by atoms with Crippen LogP contribution in [0.3, 0.4) is 0 Å². The largest absolute Gasteiger partial charge is 0.394 e. The number of unbranched alkanes of at least 4 members (excludes halogenated alkanes) is 4. The summed E-state index contributed by atoms with van der Waals surface area (Å²) < 4.78 is 51.5.